The van der Waals surface area contributed by atoms with E-state index in [1.165, 1.54) is 0 Å². The van der Waals surface area contributed by atoms with E-state index in [4.69, 9.17) is 10.5 Å². The molecule has 1 aliphatic rings. The Balaban J connectivity index is 2.18. The van der Waals surface area contributed by atoms with Crippen LogP contribution in [0.1, 0.15) is 38.5 Å². The summed E-state index contributed by atoms with van der Waals surface area (Å²) in [5.74, 6) is 0.106. The predicted molar refractivity (Wildman–Crippen MR) is 73.3 cm³/mol. The van der Waals surface area contributed by atoms with Crippen LogP contribution in [0, 0.1) is 0 Å². The van der Waals surface area contributed by atoms with E-state index in [1.54, 1.807) is 4.90 Å². The molecule has 0 aromatic carbocycles. The molecule has 1 saturated heterocycles. The van der Waals surface area contributed by atoms with Gasteiger partial charge in [0.25, 0.3) is 5.91 Å². The fourth-order valence-electron chi connectivity index (χ4n) is 2.23. The second kappa shape index (κ2) is 8.27. The van der Waals surface area contributed by atoms with E-state index in [1.807, 2.05) is 13.1 Å². The van der Waals surface area contributed by atoms with Gasteiger partial charge in [0, 0.05) is 20.1 Å². The lowest BCUT2D eigenvalue weighted by Gasteiger charge is -2.21. The number of rotatable bonds is 8. The van der Waals surface area contributed by atoms with Crippen LogP contribution in [-0.2, 0) is 9.53 Å². The first-order valence-corrected chi connectivity index (χ1v) is 6.90. The number of ether oxygens (including phenoxy) is 1. The summed E-state index contributed by atoms with van der Waals surface area (Å²) in [5.41, 5.74) is 5.54. The number of carbonyl (C=O) groups is 1. The first-order chi connectivity index (χ1) is 8.69. The third-order valence-electron chi connectivity index (χ3n) is 3.42. The molecule has 0 spiro atoms. The van der Waals surface area contributed by atoms with Gasteiger partial charge in [0.15, 0.2) is 0 Å². The van der Waals surface area contributed by atoms with Gasteiger partial charge in [-0.1, -0.05) is 12.5 Å². The van der Waals surface area contributed by atoms with E-state index in [-0.39, 0.29) is 18.1 Å². The van der Waals surface area contributed by atoms with Crippen molar-refractivity contribution in [2.75, 3.05) is 20.1 Å². The van der Waals surface area contributed by atoms with Crippen LogP contribution in [0.3, 0.4) is 0 Å². The highest BCUT2D eigenvalue weighted by Crippen LogP contribution is 2.20. The number of hydrogen-bond acceptors (Lipinski definition) is 3. The molecule has 1 aliphatic heterocycles. The molecule has 104 valence electrons. The summed E-state index contributed by atoms with van der Waals surface area (Å²) >= 11 is 0. The Labute approximate surface area is 110 Å². The van der Waals surface area contributed by atoms with Crippen molar-refractivity contribution < 1.29 is 9.53 Å². The molecule has 1 fully saturated rings. The second-order valence-electron chi connectivity index (χ2n) is 4.96. The zero-order valence-corrected chi connectivity index (χ0v) is 11.4. The average Bonchev–Trinajstić information content (AvgIpc) is 2.86. The van der Waals surface area contributed by atoms with E-state index in [0.29, 0.717) is 6.54 Å². The largest absolute Gasteiger partial charge is 0.364 e. The van der Waals surface area contributed by atoms with Gasteiger partial charge in [0.1, 0.15) is 6.10 Å². The summed E-state index contributed by atoms with van der Waals surface area (Å²) in [5, 5.41) is 0. The monoisotopic (exact) mass is 254 g/mol. The van der Waals surface area contributed by atoms with Gasteiger partial charge in [0.2, 0.25) is 0 Å². The van der Waals surface area contributed by atoms with Gasteiger partial charge in [-0.15, -0.1) is 6.58 Å². The van der Waals surface area contributed by atoms with Gasteiger partial charge < -0.3 is 15.4 Å². The van der Waals surface area contributed by atoms with Crippen molar-refractivity contribution in [2.24, 2.45) is 5.73 Å². The summed E-state index contributed by atoms with van der Waals surface area (Å²) in [6, 6.07) is 0. The van der Waals surface area contributed by atoms with Crippen molar-refractivity contribution in [2.45, 2.75) is 50.7 Å². The number of hydrogen-bond donors (Lipinski definition) is 1. The summed E-state index contributed by atoms with van der Waals surface area (Å²) in [7, 11) is 1.86. The summed E-state index contributed by atoms with van der Waals surface area (Å²) < 4.78 is 5.61. The number of carbonyl (C=O) groups excluding carboxylic acids is 1. The topological polar surface area (TPSA) is 55.6 Å². The van der Waals surface area contributed by atoms with Crippen molar-refractivity contribution in [3.8, 4) is 0 Å². The van der Waals surface area contributed by atoms with E-state index < -0.39 is 0 Å². The van der Waals surface area contributed by atoms with Gasteiger partial charge >= 0.3 is 0 Å². The fourth-order valence-corrected chi connectivity index (χ4v) is 2.23. The number of likely N-dealkylation sites (N-methyl/N-ethyl adjacent to an activating group) is 1. The van der Waals surface area contributed by atoms with Crippen molar-refractivity contribution >= 4 is 5.91 Å². The van der Waals surface area contributed by atoms with Crippen LogP contribution < -0.4 is 5.73 Å². The molecule has 4 heteroatoms. The minimum absolute atomic E-state index is 0.0694. The lowest BCUT2D eigenvalue weighted by molar-refractivity contribution is -0.141. The standard InChI is InChI=1S/C14H26N2O2/c1-3-4-5-6-7-10-16(2)14(17)13-9-8-12(11-15)18-13/h3,12-13H,1,4-11,15H2,2H3/t12-,13+/m1/s1. The highest BCUT2D eigenvalue weighted by atomic mass is 16.5. The number of amides is 1. The molecule has 1 rings (SSSR count). The maximum atomic E-state index is 12.1. The molecule has 0 saturated carbocycles. The molecule has 2 atom stereocenters. The fraction of sp³-hybridized carbons (Fsp3) is 0.786. The molecule has 2 N–H and O–H groups in total. The zero-order valence-electron chi connectivity index (χ0n) is 11.4. The van der Waals surface area contributed by atoms with Gasteiger partial charge in [0.05, 0.1) is 6.10 Å². The first-order valence-electron chi connectivity index (χ1n) is 6.90. The predicted octanol–water partition coefficient (Wildman–Crippen LogP) is 1.70. The normalized spacial score (nSPS) is 23.0. The molecule has 0 bridgehead atoms. The highest BCUT2D eigenvalue weighted by molar-refractivity contribution is 5.80. The van der Waals surface area contributed by atoms with Crippen LogP contribution in [-0.4, -0.2) is 43.2 Å². The minimum atomic E-state index is -0.267. The Morgan fingerprint density at radius 3 is 2.83 bits per heavy atom. The minimum Gasteiger partial charge on any atom is -0.364 e. The zero-order chi connectivity index (χ0) is 13.4. The Morgan fingerprint density at radius 1 is 1.44 bits per heavy atom. The maximum Gasteiger partial charge on any atom is 0.251 e. The van der Waals surface area contributed by atoms with Crippen LogP contribution in [0.4, 0.5) is 0 Å². The second-order valence-corrected chi connectivity index (χ2v) is 4.96. The summed E-state index contributed by atoms with van der Waals surface area (Å²) in [4.78, 5) is 13.9. The van der Waals surface area contributed by atoms with Crippen LogP contribution in [0.5, 0.6) is 0 Å². The van der Waals surface area contributed by atoms with E-state index in [2.05, 4.69) is 6.58 Å². The Hall–Kier alpha value is -0.870. The van der Waals surface area contributed by atoms with Crippen LogP contribution in [0.15, 0.2) is 12.7 Å². The van der Waals surface area contributed by atoms with Crippen LogP contribution >= 0.6 is 0 Å². The molecule has 0 aromatic heterocycles. The first kappa shape index (κ1) is 15.2. The quantitative estimate of drug-likeness (QED) is 0.530. The van der Waals surface area contributed by atoms with Crippen molar-refractivity contribution in [3.05, 3.63) is 12.7 Å². The summed E-state index contributed by atoms with van der Waals surface area (Å²) in [6.07, 6.45) is 7.85. The van der Waals surface area contributed by atoms with Crippen molar-refractivity contribution in [1.29, 1.82) is 0 Å². The number of nitrogens with zero attached hydrogens (tertiary/aromatic N) is 1. The molecule has 4 nitrogen and oxygen atoms in total. The van der Waals surface area contributed by atoms with Crippen LogP contribution in [0.25, 0.3) is 0 Å². The lowest BCUT2D eigenvalue weighted by atomic mass is 10.1. The van der Waals surface area contributed by atoms with Crippen LogP contribution in [0.2, 0.25) is 0 Å². The van der Waals surface area contributed by atoms with Gasteiger partial charge in [-0.25, -0.2) is 0 Å². The molecular weight excluding hydrogens is 228 g/mol. The molecule has 1 heterocycles. The van der Waals surface area contributed by atoms with Crippen molar-refractivity contribution in [1.82, 2.24) is 4.90 Å². The number of nitrogens with two attached hydrogens (primary N) is 1. The molecule has 0 unspecified atom stereocenters. The highest BCUT2D eigenvalue weighted by Gasteiger charge is 2.31. The van der Waals surface area contributed by atoms with Crippen molar-refractivity contribution in [3.63, 3.8) is 0 Å². The molecular formula is C14H26N2O2. The smallest absolute Gasteiger partial charge is 0.251 e. The van der Waals surface area contributed by atoms with E-state index in [0.717, 1.165) is 45.1 Å². The van der Waals surface area contributed by atoms with Gasteiger partial charge in [-0.2, -0.15) is 0 Å². The third-order valence-corrected chi connectivity index (χ3v) is 3.42. The molecule has 0 aromatic rings. The van der Waals surface area contributed by atoms with Gasteiger partial charge in [-0.05, 0) is 32.1 Å². The third kappa shape index (κ3) is 4.78. The van der Waals surface area contributed by atoms with E-state index >= 15 is 0 Å². The summed E-state index contributed by atoms with van der Waals surface area (Å²) in [6.45, 7) is 5.02. The number of unbranched alkanes of at least 4 members (excludes halogenated alkanes) is 3. The molecule has 0 radical (unpaired) electrons. The molecule has 0 aliphatic carbocycles. The Morgan fingerprint density at radius 2 is 2.22 bits per heavy atom. The Kier molecular flexibility index (Phi) is 6.98. The van der Waals surface area contributed by atoms with E-state index in [9.17, 15) is 4.79 Å². The van der Waals surface area contributed by atoms with Gasteiger partial charge in [-0.3, -0.25) is 4.79 Å². The molecule has 1 amide bonds. The maximum absolute atomic E-state index is 12.1. The number of allylic oxidation sites excluding steroid dienone is 1. The lowest BCUT2D eigenvalue weighted by Crippen LogP contribution is -2.37. The SMILES string of the molecule is C=CCCCCCN(C)C(=O)[C@@H]1CC[C@H](CN)O1. The average molecular weight is 254 g/mol. The Bertz CT molecular complexity index is 269. The molecule has 18 heavy (non-hydrogen) atoms.